The topological polar surface area (TPSA) is 77.9 Å². The minimum absolute atomic E-state index is 0.0349. The van der Waals surface area contributed by atoms with Crippen molar-refractivity contribution in [1.29, 1.82) is 0 Å². The van der Waals surface area contributed by atoms with Crippen LogP contribution >= 0.6 is 11.6 Å². The summed E-state index contributed by atoms with van der Waals surface area (Å²) in [6.07, 6.45) is 0.975. The Morgan fingerprint density at radius 3 is 2.52 bits per heavy atom. The van der Waals surface area contributed by atoms with Gasteiger partial charge in [0.1, 0.15) is 0 Å². The number of carboxylic acid groups (broad SMARTS) is 1. The Kier molecular flexibility index (Phi) is 4.49. The fourth-order valence-electron chi connectivity index (χ4n) is 4.09. The van der Waals surface area contributed by atoms with E-state index in [1.165, 1.54) is 0 Å². The summed E-state index contributed by atoms with van der Waals surface area (Å²) in [6, 6.07) is 5.24. The molecule has 2 amide bonds. The molecule has 0 aromatic heterocycles. The summed E-state index contributed by atoms with van der Waals surface area (Å²) in [7, 11) is 1.67. The highest BCUT2D eigenvalue weighted by molar-refractivity contribution is 6.31. The van der Waals surface area contributed by atoms with Crippen LogP contribution in [0.15, 0.2) is 18.2 Å². The molecule has 1 N–H and O–H groups in total. The third-order valence-corrected chi connectivity index (χ3v) is 6.19. The molecule has 0 radical (unpaired) electrons. The van der Waals surface area contributed by atoms with Gasteiger partial charge in [-0.2, -0.15) is 0 Å². The van der Waals surface area contributed by atoms with E-state index in [0.717, 1.165) is 5.56 Å². The van der Waals surface area contributed by atoms with Gasteiger partial charge in [0.05, 0.1) is 11.5 Å². The van der Waals surface area contributed by atoms with Crippen LogP contribution < -0.4 is 0 Å². The normalized spacial score (nSPS) is 22.5. The summed E-state index contributed by atoms with van der Waals surface area (Å²) >= 11 is 6.10. The number of amides is 2. The third-order valence-electron chi connectivity index (χ3n) is 5.78. The van der Waals surface area contributed by atoms with Crippen LogP contribution in [0.25, 0.3) is 0 Å². The Bertz CT molecular complexity index is 741. The van der Waals surface area contributed by atoms with Crippen molar-refractivity contribution in [3.05, 3.63) is 34.3 Å². The number of carbonyl (C=O) groups excluding carboxylic acids is 2. The lowest BCUT2D eigenvalue weighted by Gasteiger charge is -2.45. The fraction of sp³-hybridized carbons (Fsp3) is 0.500. The molecule has 134 valence electrons. The standard InChI is InChI=1S/C18H21ClN2O4/c1-11-12(4-3-5-14(11)19)16(23)21-8-6-18(7-9-21)13(17(24)25)10-15(22)20(18)2/h3-5,13H,6-10H2,1-2H3,(H,24,25)/t13-/m1/s1. The zero-order chi connectivity index (χ0) is 18.4. The van der Waals surface area contributed by atoms with Gasteiger partial charge in [-0.1, -0.05) is 17.7 Å². The van der Waals surface area contributed by atoms with Crippen molar-refractivity contribution in [2.45, 2.75) is 31.7 Å². The SMILES string of the molecule is Cc1c(Cl)cccc1C(=O)N1CCC2(CC1)[C@@H](C(=O)O)CC(=O)N2C. The maximum absolute atomic E-state index is 12.8. The van der Waals surface area contributed by atoms with Gasteiger partial charge in [0.25, 0.3) is 5.91 Å². The molecule has 25 heavy (non-hydrogen) atoms. The van der Waals surface area contributed by atoms with Gasteiger partial charge < -0.3 is 14.9 Å². The second-order valence-corrected chi connectivity index (χ2v) is 7.26. The molecule has 1 spiro atoms. The molecule has 7 heteroatoms. The maximum Gasteiger partial charge on any atom is 0.309 e. The second kappa shape index (κ2) is 6.33. The van der Waals surface area contributed by atoms with Crippen LogP contribution in [-0.4, -0.2) is 58.4 Å². The molecule has 2 aliphatic heterocycles. The summed E-state index contributed by atoms with van der Waals surface area (Å²) in [5.41, 5.74) is 0.614. The minimum Gasteiger partial charge on any atom is -0.481 e. The smallest absolute Gasteiger partial charge is 0.309 e. The lowest BCUT2D eigenvalue weighted by molar-refractivity contribution is -0.145. The number of rotatable bonds is 2. The molecule has 1 aromatic carbocycles. The van der Waals surface area contributed by atoms with E-state index in [0.29, 0.717) is 36.5 Å². The lowest BCUT2D eigenvalue weighted by atomic mass is 9.77. The van der Waals surface area contributed by atoms with Crippen LogP contribution in [0.2, 0.25) is 5.02 Å². The van der Waals surface area contributed by atoms with Crippen LogP contribution in [0.4, 0.5) is 0 Å². The van der Waals surface area contributed by atoms with Crippen molar-refractivity contribution < 1.29 is 19.5 Å². The molecule has 3 rings (SSSR count). The van der Waals surface area contributed by atoms with E-state index in [2.05, 4.69) is 0 Å². The van der Waals surface area contributed by atoms with Crippen LogP contribution in [-0.2, 0) is 9.59 Å². The molecular weight excluding hydrogens is 344 g/mol. The molecule has 0 aliphatic carbocycles. The highest BCUT2D eigenvalue weighted by Crippen LogP contribution is 2.43. The fourth-order valence-corrected chi connectivity index (χ4v) is 4.27. The Balaban J connectivity index is 1.79. The molecule has 0 saturated carbocycles. The van der Waals surface area contributed by atoms with E-state index in [-0.39, 0.29) is 18.2 Å². The zero-order valence-electron chi connectivity index (χ0n) is 14.3. The molecule has 2 fully saturated rings. The van der Waals surface area contributed by atoms with E-state index in [4.69, 9.17) is 11.6 Å². The predicted molar refractivity (Wildman–Crippen MR) is 92.6 cm³/mol. The second-order valence-electron chi connectivity index (χ2n) is 6.86. The molecule has 1 atom stereocenters. The summed E-state index contributed by atoms with van der Waals surface area (Å²) in [4.78, 5) is 39.8. The number of hydrogen-bond acceptors (Lipinski definition) is 3. The van der Waals surface area contributed by atoms with Crippen molar-refractivity contribution in [2.75, 3.05) is 20.1 Å². The monoisotopic (exact) mass is 364 g/mol. The highest BCUT2D eigenvalue weighted by atomic mass is 35.5. The predicted octanol–water partition coefficient (Wildman–Crippen LogP) is 2.19. The van der Waals surface area contributed by atoms with Crippen molar-refractivity contribution in [3.8, 4) is 0 Å². The summed E-state index contributed by atoms with van der Waals surface area (Å²) in [5, 5.41) is 10.1. The molecule has 1 aromatic rings. The molecule has 2 aliphatic rings. The summed E-state index contributed by atoms with van der Waals surface area (Å²) < 4.78 is 0. The molecule has 2 saturated heterocycles. The van der Waals surface area contributed by atoms with Crippen LogP contribution in [0, 0.1) is 12.8 Å². The largest absolute Gasteiger partial charge is 0.481 e. The van der Waals surface area contributed by atoms with Crippen molar-refractivity contribution >= 4 is 29.4 Å². The van der Waals surface area contributed by atoms with Crippen LogP contribution in [0.1, 0.15) is 35.2 Å². The minimum atomic E-state index is -0.942. The first-order valence-electron chi connectivity index (χ1n) is 8.32. The Morgan fingerprint density at radius 1 is 1.28 bits per heavy atom. The van der Waals surface area contributed by atoms with Crippen LogP contribution in [0.3, 0.4) is 0 Å². The molecule has 2 heterocycles. The summed E-state index contributed by atoms with van der Waals surface area (Å²) in [5.74, 6) is -1.90. The number of nitrogens with zero attached hydrogens (tertiary/aromatic N) is 2. The average Bonchev–Trinajstić information content (AvgIpc) is 2.83. The quantitative estimate of drug-likeness (QED) is 0.872. The van der Waals surface area contributed by atoms with E-state index in [1.54, 1.807) is 35.0 Å². The van der Waals surface area contributed by atoms with Gasteiger partial charge in [0, 0.05) is 37.1 Å². The number of likely N-dealkylation sites (tertiary alicyclic amines) is 2. The molecular formula is C18H21ClN2O4. The van der Waals surface area contributed by atoms with Gasteiger partial charge in [0.15, 0.2) is 0 Å². The zero-order valence-corrected chi connectivity index (χ0v) is 15.0. The van der Waals surface area contributed by atoms with E-state index in [1.807, 2.05) is 6.92 Å². The lowest BCUT2D eigenvalue weighted by Crippen LogP contribution is -2.57. The number of benzene rings is 1. The van der Waals surface area contributed by atoms with E-state index < -0.39 is 17.4 Å². The van der Waals surface area contributed by atoms with Gasteiger partial charge in [-0.15, -0.1) is 0 Å². The van der Waals surface area contributed by atoms with Gasteiger partial charge in [0.2, 0.25) is 5.91 Å². The van der Waals surface area contributed by atoms with Crippen molar-refractivity contribution in [2.24, 2.45) is 5.92 Å². The van der Waals surface area contributed by atoms with Gasteiger partial charge >= 0.3 is 5.97 Å². The first-order chi connectivity index (χ1) is 11.8. The average molecular weight is 365 g/mol. The maximum atomic E-state index is 12.8. The molecule has 6 nitrogen and oxygen atoms in total. The van der Waals surface area contributed by atoms with Gasteiger partial charge in [-0.05, 0) is 37.5 Å². The Hall–Kier alpha value is -2.08. The van der Waals surface area contributed by atoms with Gasteiger partial charge in [-0.25, -0.2) is 0 Å². The Morgan fingerprint density at radius 2 is 1.92 bits per heavy atom. The first kappa shape index (κ1) is 17.7. The number of halogens is 1. The highest BCUT2D eigenvalue weighted by Gasteiger charge is 2.55. The molecule has 0 unspecified atom stereocenters. The number of carboxylic acids is 1. The Labute approximate surface area is 151 Å². The number of carbonyl (C=O) groups is 3. The number of hydrogen-bond donors (Lipinski definition) is 1. The summed E-state index contributed by atoms with van der Waals surface area (Å²) in [6.45, 7) is 2.66. The first-order valence-corrected chi connectivity index (χ1v) is 8.69. The van der Waals surface area contributed by atoms with Crippen LogP contribution in [0.5, 0.6) is 0 Å². The third kappa shape index (κ3) is 2.78. The van der Waals surface area contributed by atoms with E-state index in [9.17, 15) is 19.5 Å². The number of piperidine rings is 1. The van der Waals surface area contributed by atoms with Crippen molar-refractivity contribution in [3.63, 3.8) is 0 Å². The number of aliphatic carboxylic acids is 1. The van der Waals surface area contributed by atoms with Crippen molar-refractivity contribution in [1.82, 2.24) is 9.80 Å². The van der Waals surface area contributed by atoms with Gasteiger partial charge in [-0.3, -0.25) is 14.4 Å². The van der Waals surface area contributed by atoms with E-state index >= 15 is 0 Å². The molecule has 0 bridgehead atoms.